The summed E-state index contributed by atoms with van der Waals surface area (Å²) in [7, 11) is -3.98. The molecule has 0 radical (unpaired) electrons. The van der Waals surface area contributed by atoms with E-state index in [2.05, 4.69) is 15.6 Å². The molecular formula is C20H15Cl2N3O4S. The fourth-order valence-electron chi connectivity index (χ4n) is 2.43. The Bertz CT molecular complexity index is 1180. The van der Waals surface area contributed by atoms with Crippen molar-refractivity contribution in [3.63, 3.8) is 0 Å². The van der Waals surface area contributed by atoms with Gasteiger partial charge in [0.2, 0.25) is 0 Å². The highest BCUT2D eigenvalue weighted by molar-refractivity contribution is 7.92. The molecule has 2 amide bonds. The zero-order valence-electron chi connectivity index (χ0n) is 15.2. The van der Waals surface area contributed by atoms with E-state index in [4.69, 9.17) is 23.2 Å². The first-order valence-corrected chi connectivity index (χ1v) is 10.7. The number of benzene rings is 3. The Labute approximate surface area is 183 Å². The Morgan fingerprint density at radius 3 is 1.90 bits per heavy atom. The lowest BCUT2D eigenvalue weighted by molar-refractivity contribution is 0.0846. The molecule has 0 aliphatic rings. The van der Waals surface area contributed by atoms with E-state index in [-0.39, 0.29) is 26.2 Å². The van der Waals surface area contributed by atoms with Crippen molar-refractivity contribution in [1.82, 2.24) is 10.9 Å². The summed E-state index contributed by atoms with van der Waals surface area (Å²) >= 11 is 11.8. The van der Waals surface area contributed by atoms with E-state index in [9.17, 15) is 18.0 Å². The van der Waals surface area contributed by atoms with Crippen molar-refractivity contribution < 1.29 is 18.0 Å². The Morgan fingerprint density at radius 2 is 1.30 bits per heavy atom. The molecule has 0 aliphatic heterocycles. The van der Waals surface area contributed by atoms with E-state index >= 15 is 0 Å². The molecule has 0 saturated heterocycles. The maximum absolute atomic E-state index is 12.5. The van der Waals surface area contributed by atoms with E-state index in [0.29, 0.717) is 5.56 Å². The molecule has 0 unspecified atom stereocenters. The summed E-state index contributed by atoms with van der Waals surface area (Å²) in [5, 5.41) is 0.251. The molecule has 3 aromatic rings. The second-order valence-corrected chi connectivity index (χ2v) is 8.53. The highest BCUT2D eigenvalue weighted by atomic mass is 35.5. The van der Waals surface area contributed by atoms with Gasteiger partial charge in [-0.2, -0.15) is 0 Å². The average molecular weight is 464 g/mol. The fourth-order valence-corrected chi connectivity index (χ4v) is 4.25. The van der Waals surface area contributed by atoms with Crippen molar-refractivity contribution in [2.45, 2.75) is 4.90 Å². The first kappa shape index (κ1) is 21.6. The van der Waals surface area contributed by atoms with Gasteiger partial charge in [0.05, 0.1) is 5.02 Å². The lowest BCUT2D eigenvalue weighted by Gasteiger charge is -2.11. The lowest BCUT2D eigenvalue weighted by atomic mass is 10.2. The molecule has 0 saturated carbocycles. The maximum Gasteiger partial charge on any atom is 0.269 e. The van der Waals surface area contributed by atoms with E-state index in [1.165, 1.54) is 42.5 Å². The third-order valence-corrected chi connectivity index (χ3v) is 6.01. The van der Waals surface area contributed by atoms with Gasteiger partial charge in [0.15, 0.2) is 0 Å². The Balaban J connectivity index is 1.65. The largest absolute Gasteiger partial charge is 0.280 e. The molecule has 30 heavy (non-hydrogen) atoms. The van der Waals surface area contributed by atoms with Crippen molar-refractivity contribution in [3.8, 4) is 0 Å². The van der Waals surface area contributed by atoms with Crippen LogP contribution in [0.25, 0.3) is 0 Å². The first-order valence-electron chi connectivity index (χ1n) is 8.50. The number of carbonyl (C=O) groups is 2. The highest BCUT2D eigenvalue weighted by Gasteiger charge is 2.19. The van der Waals surface area contributed by atoms with Gasteiger partial charge in [0.25, 0.3) is 21.8 Å². The van der Waals surface area contributed by atoms with Crippen molar-refractivity contribution in [2.24, 2.45) is 0 Å². The van der Waals surface area contributed by atoms with Crippen molar-refractivity contribution in [3.05, 3.63) is 94.0 Å². The van der Waals surface area contributed by atoms with E-state index < -0.39 is 21.8 Å². The molecule has 0 aromatic heterocycles. The third-order valence-electron chi connectivity index (χ3n) is 3.91. The second-order valence-electron chi connectivity index (χ2n) is 6.03. The van der Waals surface area contributed by atoms with Crippen LogP contribution in [0.5, 0.6) is 0 Å². The summed E-state index contributed by atoms with van der Waals surface area (Å²) in [6.07, 6.45) is 0. The Morgan fingerprint density at radius 1 is 0.733 bits per heavy atom. The second kappa shape index (κ2) is 9.17. The number of rotatable bonds is 5. The van der Waals surface area contributed by atoms with Gasteiger partial charge >= 0.3 is 0 Å². The van der Waals surface area contributed by atoms with Crippen LogP contribution in [0.3, 0.4) is 0 Å². The van der Waals surface area contributed by atoms with Gasteiger partial charge in [-0.05, 0) is 54.6 Å². The molecule has 0 fully saturated rings. The molecule has 0 atom stereocenters. The number of amides is 2. The molecule has 10 heteroatoms. The summed E-state index contributed by atoms with van der Waals surface area (Å²) in [5.41, 5.74) is 5.43. The van der Waals surface area contributed by atoms with Crippen LogP contribution in [-0.2, 0) is 10.0 Å². The highest BCUT2D eigenvalue weighted by Crippen LogP contribution is 2.26. The van der Waals surface area contributed by atoms with Crippen LogP contribution < -0.4 is 15.6 Å². The fraction of sp³-hybridized carbons (Fsp3) is 0. The minimum atomic E-state index is -3.98. The molecule has 0 bridgehead atoms. The third kappa shape index (κ3) is 5.29. The maximum atomic E-state index is 12.5. The van der Waals surface area contributed by atoms with Crippen molar-refractivity contribution in [1.29, 1.82) is 0 Å². The van der Waals surface area contributed by atoms with Crippen LogP contribution in [-0.4, -0.2) is 20.2 Å². The summed E-state index contributed by atoms with van der Waals surface area (Å²) in [5.74, 6) is -1.03. The number of halogens is 2. The number of carbonyl (C=O) groups excluding carboxylic acids is 2. The quantitative estimate of drug-likeness (QED) is 0.499. The predicted molar refractivity (Wildman–Crippen MR) is 115 cm³/mol. The van der Waals surface area contributed by atoms with Crippen molar-refractivity contribution >= 4 is 50.7 Å². The molecule has 3 N–H and O–H groups in total. The van der Waals surface area contributed by atoms with Crippen molar-refractivity contribution in [2.75, 3.05) is 4.72 Å². The number of sulfonamides is 1. The summed E-state index contributed by atoms with van der Waals surface area (Å²) in [4.78, 5) is 24.0. The van der Waals surface area contributed by atoms with Gasteiger partial charge in [0.1, 0.15) is 4.90 Å². The Hall–Kier alpha value is -3.07. The van der Waals surface area contributed by atoms with Crippen LogP contribution in [0.2, 0.25) is 10.0 Å². The molecule has 154 valence electrons. The molecule has 0 spiro atoms. The zero-order chi connectivity index (χ0) is 21.7. The molecular weight excluding hydrogens is 449 g/mol. The molecule has 3 aromatic carbocycles. The summed E-state index contributed by atoms with van der Waals surface area (Å²) in [6.45, 7) is 0. The van der Waals surface area contributed by atoms with Gasteiger partial charge < -0.3 is 0 Å². The van der Waals surface area contributed by atoms with Crippen LogP contribution in [0, 0.1) is 0 Å². The van der Waals surface area contributed by atoms with E-state index in [1.54, 1.807) is 30.3 Å². The summed E-state index contributed by atoms with van der Waals surface area (Å²) < 4.78 is 27.4. The van der Waals surface area contributed by atoms with E-state index in [1.807, 2.05) is 0 Å². The minimum Gasteiger partial charge on any atom is -0.280 e. The summed E-state index contributed by atoms with van der Waals surface area (Å²) in [6, 6.07) is 18.1. The minimum absolute atomic E-state index is 0.0251. The smallest absolute Gasteiger partial charge is 0.269 e. The van der Waals surface area contributed by atoms with Gasteiger partial charge in [-0.15, -0.1) is 0 Å². The van der Waals surface area contributed by atoms with Gasteiger partial charge in [0, 0.05) is 21.8 Å². The van der Waals surface area contributed by atoms with Crippen LogP contribution in [0.1, 0.15) is 20.7 Å². The number of hydrogen-bond acceptors (Lipinski definition) is 4. The first-order chi connectivity index (χ1) is 14.3. The van der Waals surface area contributed by atoms with Crippen LogP contribution in [0.4, 0.5) is 5.69 Å². The van der Waals surface area contributed by atoms with E-state index in [0.717, 1.165) is 0 Å². The molecule has 3 rings (SSSR count). The Kier molecular flexibility index (Phi) is 6.61. The van der Waals surface area contributed by atoms with Gasteiger partial charge in [-0.3, -0.25) is 25.2 Å². The van der Waals surface area contributed by atoms with Gasteiger partial charge in [-0.25, -0.2) is 8.42 Å². The standard InChI is InChI=1S/C20H15Cl2N3O4S/c21-15-8-11-17(22)18(12-15)30(28,29)25-16-9-6-14(7-10-16)20(27)24-23-19(26)13-4-2-1-3-5-13/h1-12,25H,(H,23,26)(H,24,27). The molecule has 0 aliphatic carbocycles. The van der Waals surface area contributed by atoms with Gasteiger partial charge in [-0.1, -0.05) is 41.4 Å². The number of hydrazine groups is 1. The molecule has 7 nitrogen and oxygen atoms in total. The lowest BCUT2D eigenvalue weighted by Crippen LogP contribution is -2.41. The number of anilines is 1. The van der Waals surface area contributed by atoms with Crippen LogP contribution in [0.15, 0.2) is 77.7 Å². The SMILES string of the molecule is O=C(NNC(=O)c1ccc(NS(=O)(=O)c2cc(Cl)ccc2Cl)cc1)c1ccccc1. The predicted octanol–water partition coefficient (Wildman–Crippen LogP) is 3.87. The van der Waals surface area contributed by atoms with Crippen LogP contribution >= 0.6 is 23.2 Å². The number of hydrogen-bond donors (Lipinski definition) is 3. The topological polar surface area (TPSA) is 104 Å². The monoisotopic (exact) mass is 463 g/mol. The average Bonchev–Trinajstić information content (AvgIpc) is 2.74. The normalized spacial score (nSPS) is 10.9. The molecule has 0 heterocycles. The number of nitrogens with one attached hydrogen (secondary N) is 3. The zero-order valence-corrected chi connectivity index (χ0v) is 17.6.